The summed E-state index contributed by atoms with van der Waals surface area (Å²) >= 11 is 0. The van der Waals surface area contributed by atoms with Gasteiger partial charge >= 0.3 is 0 Å². The Kier molecular flexibility index (Phi) is 3.92. The molecule has 0 fully saturated rings. The molecule has 0 aromatic carbocycles. The van der Waals surface area contributed by atoms with Gasteiger partial charge in [-0.3, -0.25) is 0 Å². The molecular weight excluding hydrogens is 108 g/mol. The summed E-state index contributed by atoms with van der Waals surface area (Å²) in [4.78, 5) is 0. The van der Waals surface area contributed by atoms with E-state index in [1.807, 2.05) is 0 Å². The van der Waals surface area contributed by atoms with Crippen LogP contribution in [0.1, 0.15) is 39.5 Å². The highest BCUT2D eigenvalue weighted by atomic mass is 14.2. The molecule has 0 aliphatic heterocycles. The predicted octanol–water partition coefficient (Wildman–Crippen LogP) is 3.24. The molecule has 0 amide bonds. The summed E-state index contributed by atoms with van der Waals surface area (Å²) in [5, 5.41) is 0. The van der Waals surface area contributed by atoms with Crippen molar-refractivity contribution in [3.05, 3.63) is 13.8 Å². The molecule has 54 valence electrons. The summed E-state index contributed by atoms with van der Waals surface area (Å²) < 4.78 is 0. The molecule has 0 N–H and O–H groups in total. The molecule has 2 radical (unpaired) electrons. The van der Waals surface area contributed by atoms with Crippen molar-refractivity contribution in [1.82, 2.24) is 0 Å². The van der Waals surface area contributed by atoms with Gasteiger partial charge in [-0.2, -0.15) is 0 Å². The lowest BCUT2D eigenvalue weighted by atomic mass is 9.85. The highest BCUT2D eigenvalue weighted by Gasteiger charge is 2.13. The van der Waals surface area contributed by atoms with Crippen molar-refractivity contribution in [3.63, 3.8) is 0 Å². The van der Waals surface area contributed by atoms with Crippen LogP contribution in [0.3, 0.4) is 0 Å². The van der Waals surface area contributed by atoms with Gasteiger partial charge in [0, 0.05) is 0 Å². The first kappa shape index (κ1) is 9.00. The largest absolute Gasteiger partial charge is 0.0654 e. The second-order valence-electron chi connectivity index (χ2n) is 2.96. The van der Waals surface area contributed by atoms with Crippen LogP contribution < -0.4 is 0 Å². The van der Waals surface area contributed by atoms with Gasteiger partial charge in [0.05, 0.1) is 0 Å². The van der Waals surface area contributed by atoms with Crippen molar-refractivity contribution < 1.29 is 0 Å². The van der Waals surface area contributed by atoms with E-state index in [0.717, 1.165) is 6.42 Å². The molecular formula is C9H18. The zero-order valence-electron chi connectivity index (χ0n) is 6.74. The van der Waals surface area contributed by atoms with Gasteiger partial charge in [-0.05, 0) is 25.7 Å². The summed E-state index contributed by atoms with van der Waals surface area (Å²) in [5.74, 6) is 0. The van der Waals surface area contributed by atoms with Gasteiger partial charge in [-0.1, -0.05) is 33.1 Å². The van der Waals surface area contributed by atoms with Crippen LogP contribution >= 0.6 is 0 Å². The normalized spacial score (nSPS) is 12.0. The third-order valence-electron chi connectivity index (χ3n) is 1.81. The van der Waals surface area contributed by atoms with E-state index in [-0.39, 0.29) is 5.41 Å². The van der Waals surface area contributed by atoms with E-state index in [0.29, 0.717) is 0 Å². The van der Waals surface area contributed by atoms with Gasteiger partial charge in [0.2, 0.25) is 0 Å². The van der Waals surface area contributed by atoms with Gasteiger partial charge in [0.15, 0.2) is 0 Å². The second-order valence-corrected chi connectivity index (χ2v) is 2.96. The summed E-state index contributed by atoms with van der Waals surface area (Å²) in [7, 11) is 0. The molecule has 0 atom stereocenters. The Bertz CT molecular complexity index is 62.4. The SMILES string of the molecule is [CH2]C([CH2])(CC)CCCC. The predicted molar refractivity (Wildman–Crippen MR) is 43.0 cm³/mol. The van der Waals surface area contributed by atoms with Crippen molar-refractivity contribution in [2.24, 2.45) is 5.41 Å². The average Bonchev–Trinajstić information content (AvgIpc) is 1.84. The van der Waals surface area contributed by atoms with Crippen LogP contribution in [0.15, 0.2) is 0 Å². The fourth-order valence-corrected chi connectivity index (χ4v) is 0.729. The molecule has 0 rings (SSSR count). The first-order chi connectivity index (χ1) is 4.12. The maximum Gasteiger partial charge on any atom is -0.0300 e. The van der Waals surface area contributed by atoms with E-state index in [1.165, 1.54) is 19.3 Å². The van der Waals surface area contributed by atoms with Crippen molar-refractivity contribution in [1.29, 1.82) is 0 Å². The zero-order chi connectivity index (χ0) is 7.33. The summed E-state index contributed by atoms with van der Waals surface area (Å²) in [6, 6.07) is 0. The molecule has 0 aliphatic rings. The molecule has 0 nitrogen and oxygen atoms in total. The summed E-state index contributed by atoms with van der Waals surface area (Å²) in [6.07, 6.45) is 4.78. The minimum absolute atomic E-state index is 0.0933. The Morgan fingerprint density at radius 3 is 2.11 bits per heavy atom. The van der Waals surface area contributed by atoms with Crippen LogP contribution in [0.2, 0.25) is 0 Å². The van der Waals surface area contributed by atoms with Crippen LogP contribution in [0.4, 0.5) is 0 Å². The van der Waals surface area contributed by atoms with Crippen LogP contribution in [0.25, 0.3) is 0 Å². The molecule has 0 saturated heterocycles. The number of unbranched alkanes of at least 4 members (excludes halogenated alkanes) is 1. The quantitative estimate of drug-likeness (QED) is 0.542. The van der Waals surface area contributed by atoms with E-state index >= 15 is 0 Å². The Morgan fingerprint density at radius 2 is 1.78 bits per heavy atom. The maximum absolute atomic E-state index is 4.01. The molecule has 0 bridgehead atoms. The van der Waals surface area contributed by atoms with Crippen molar-refractivity contribution in [3.8, 4) is 0 Å². The minimum Gasteiger partial charge on any atom is -0.0654 e. The molecule has 0 aromatic rings. The molecule has 0 heterocycles. The van der Waals surface area contributed by atoms with Gasteiger partial charge in [-0.15, -0.1) is 0 Å². The van der Waals surface area contributed by atoms with Crippen LogP contribution in [-0.2, 0) is 0 Å². The van der Waals surface area contributed by atoms with Crippen molar-refractivity contribution >= 4 is 0 Å². The van der Waals surface area contributed by atoms with E-state index in [2.05, 4.69) is 27.7 Å². The molecule has 0 aliphatic carbocycles. The lowest BCUT2D eigenvalue weighted by Gasteiger charge is -2.21. The van der Waals surface area contributed by atoms with Gasteiger partial charge in [-0.25, -0.2) is 0 Å². The third-order valence-corrected chi connectivity index (χ3v) is 1.81. The molecule has 0 heteroatoms. The van der Waals surface area contributed by atoms with E-state index < -0.39 is 0 Å². The van der Waals surface area contributed by atoms with Crippen LogP contribution in [0.5, 0.6) is 0 Å². The minimum atomic E-state index is 0.0933. The molecule has 0 unspecified atom stereocenters. The van der Waals surface area contributed by atoms with E-state index in [1.54, 1.807) is 0 Å². The molecule has 9 heavy (non-hydrogen) atoms. The maximum atomic E-state index is 4.01. The Balaban J connectivity index is 3.33. The number of rotatable bonds is 4. The van der Waals surface area contributed by atoms with E-state index in [9.17, 15) is 0 Å². The first-order valence-electron chi connectivity index (χ1n) is 3.83. The summed E-state index contributed by atoms with van der Waals surface area (Å²) in [6.45, 7) is 12.4. The highest BCUT2D eigenvalue weighted by Crippen LogP contribution is 2.25. The van der Waals surface area contributed by atoms with Crippen molar-refractivity contribution in [2.75, 3.05) is 0 Å². The van der Waals surface area contributed by atoms with Crippen LogP contribution in [-0.4, -0.2) is 0 Å². The standard InChI is InChI=1S/C9H18/c1-5-7-8-9(3,4)6-2/h3-8H2,1-2H3. The van der Waals surface area contributed by atoms with E-state index in [4.69, 9.17) is 0 Å². The fourth-order valence-electron chi connectivity index (χ4n) is 0.729. The average molecular weight is 126 g/mol. The smallest absolute Gasteiger partial charge is 0.0300 e. The Hall–Kier alpha value is 0. The van der Waals surface area contributed by atoms with Crippen LogP contribution in [0, 0.1) is 19.3 Å². The lowest BCUT2D eigenvalue weighted by Crippen LogP contribution is -2.09. The number of hydrogen-bond donors (Lipinski definition) is 0. The third kappa shape index (κ3) is 4.50. The zero-order valence-corrected chi connectivity index (χ0v) is 6.74. The molecule has 0 aromatic heterocycles. The Morgan fingerprint density at radius 1 is 1.22 bits per heavy atom. The topological polar surface area (TPSA) is 0 Å². The Labute approximate surface area is 59.7 Å². The fraction of sp³-hybridized carbons (Fsp3) is 0.778. The highest BCUT2D eigenvalue weighted by molar-refractivity contribution is 4.82. The molecule has 0 spiro atoms. The molecule has 0 saturated carbocycles. The first-order valence-corrected chi connectivity index (χ1v) is 3.83. The second kappa shape index (κ2) is 3.92. The van der Waals surface area contributed by atoms with Gasteiger partial charge in [0.25, 0.3) is 0 Å². The monoisotopic (exact) mass is 126 g/mol. The summed E-state index contributed by atoms with van der Waals surface area (Å²) in [5.41, 5.74) is 0.0933. The van der Waals surface area contributed by atoms with Gasteiger partial charge in [0.1, 0.15) is 0 Å². The van der Waals surface area contributed by atoms with Crippen molar-refractivity contribution in [2.45, 2.75) is 39.5 Å². The van der Waals surface area contributed by atoms with Gasteiger partial charge < -0.3 is 0 Å². The number of hydrogen-bond acceptors (Lipinski definition) is 0. The lowest BCUT2D eigenvalue weighted by molar-refractivity contribution is 0.408.